The summed E-state index contributed by atoms with van der Waals surface area (Å²) in [4.78, 5) is 9.08. The lowest BCUT2D eigenvalue weighted by Gasteiger charge is -2.15. The molecule has 0 unspecified atom stereocenters. The van der Waals surface area contributed by atoms with Gasteiger partial charge in [0.15, 0.2) is 11.5 Å². The van der Waals surface area contributed by atoms with Crippen LogP contribution in [0.4, 0.5) is 30.6 Å². The Balaban J connectivity index is 1.73. The number of alkyl halides is 3. The van der Waals surface area contributed by atoms with E-state index in [2.05, 4.69) is 26.5 Å². The highest BCUT2D eigenvalue weighted by Crippen LogP contribution is 2.37. The highest BCUT2D eigenvalue weighted by Gasteiger charge is 2.33. The van der Waals surface area contributed by atoms with Gasteiger partial charge in [-0.2, -0.15) is 18.2 Å². The van der Waals surface area contributed by atoms with Crippen molar-refractivity contribution in [2.24, 2.45) is 0 Å². The van der Waals surface area contributed by atoms with E-state index in [1.54, 1.807) is 24.3 Å². The summed E-state index contributed by atoms with van der Waals surface area (Å²) in [5.41, 5.74) is 1.35. The van der Waals surface area contributed by atoms with Crippen molar-refractivity contribution in [3.05, 3.63) is 76.3 Å². The summed E-state index contributed by atoms with van der Waals surface area (Å²) in [6.45, 7) is 0.0328. The zero-order valence-electron chi connectivity index (χ0n) is 19.2. The first-order valence-electron chi connectivity index (χ1n) is 10.6. The second-order valence-electron chi connectivity index (χ2n) is 7.64. The number of nitrogens with zero attached hydrogens (tertiary/aromatic N) is 2. The average molecular weight is 513 g/mol. The molecule has 6 nitrogen and oxygen atoms in total. The number of methoxy groups -OCH3 is 2. The van der Waals surface area contributed by atoms with Gasteiger partial charge in [0.25, 0.3) is 0 Å². The fourth-order valence-corrected chi connectivity index (χ4v) is 3.76. The monoisotopic (exact) mass is 512 g/mol. The number of hydrogen-bond donors (Lipinski definition) is 2. The molecule has 0 aliphatic carbocycles. The minimum Gasteiger partial charge on any atom is -0.493 e. The summed E-state index contributed by atoms with van der Waals surface area (Å²) in [7, 11) is 3.03. The van der Waals surface area contributed by atoms with Crippen LogP contribution < -0.4 is 20.1 Å². The Hall–Kier alpha value is -4.16. The lowest BCUT2D eigenvalue weighted by atomic mass is 10.1. The minimum atomic E-state index is -4.56. The molecular formula is C26H20ClF3N4O2. The van der Waals surface area contributed by atoms with Gasteiger partial charge in [-0.05, 0) is 42.0 Å². The Labute approximate surface area is 210 Å². The van der Waals surface area contributed by atoms with Crippen LogP contribution in [-0.2, 0) is 12.7 Å². The minimum absolute atomic E-state index is 0.0328. The standard InChI is InChI=1S/C26H20ClF3N4O2/c1-4-15-6-5-7-17(10-15)32-24-18-12-22(35-2)23(36-3)13-21(18)33-25(34-24)31-14-16-8-9-20(27)19(11-16)26(28,29)30/h1,5-13H,14H2,2-3H3,(H2,31,32,33,34). The van der Waals surface area contributed by atoms with Gasteiger partial charge in [0.1, 0.15) is 5.82 Å². The fourth-order valence-electron chi connectivity index (χ4n) is 3.53. The largest absolute Gasteiger partial charge is 0.493 e. The second-order valence-corrected chi connectivity index (χ2v) is 8.04. The van der Waals surface area contributed by atoms with E-state index < -0.39 is 11.7 Å². The van der Waals surface area contributed by atoms with Gasteiger partial charge in [-0.1, -0.05) is 29.7 Å². The van der Waals surface area contributed by atoms with Crippen molar-refractivity contribution >= 4 is 40.0 Å². The SMILES string of the molecule is C#Cc1cccc(Nc2nc(NCc3ccc(Cl)c(C(F)(F)F)c3)nc3cc(OC)c(OC)cc23)c1. The van der Waals surface area contributed by atoms with E-state index >= 15 is 0 Å². The van der Waals surface area contributed by atoms with E-state index in [0.29, 0.717) is 45.0 Å². The third kappa shape index (κ3) is 5.39. The van der Waals surface area contributed by atoms with Gasteiger partial charge in [0, 0.05) is 29.2 Å². The molecule has 4 aromatic rings. The number of anilines is 3. The second kappa shape index (κ2) is 10.2. The van der Waals surface area contributed by atoms with E-state index in [1.165, 1.54) is 26.4 Å². The Morgan fingerprint density at radius 1 is 1.00 bits per heavy atom. The first-order valence-corrected chi connectivity index (χ1v) is 11.0. The highest BCUT2D eigenvalue weighted by molar-refractivity contribution is 6.31. The summed E-state index contributed by atoms with van der Waals surface area (Å²) < 4.78 is 50.5. The van der Waals surface area contributed by atoms with Gasteiger partial charge in [0.2, 0.25) is 5.95 Å². The zero-order valence-corrected chi connectivity index (χ0v) is 20.0. The van der Waals surface area contributed by atoms with E-state index in [-0.39, 0.29) is 17.5 Å². The van der Waals surface area contributed by atoms with Gasteiger partial charge >= 0.3 is 6.18 Å². The predicted octanol–water partition coefficient (Wildman–Crippen LogP) is 6.66. The molecule has 1 heterocycles. The molecule has 0 saturated heterocycles. The maximum Gasteiger partial charge on any atom is 0.417 e. The van der Waals surface area contributed by atoms with Crippen LogP contribution in [0.3, 0.4) is 0 Å². The van der Waals surface area contributed by atoms with Crippen molar-refractivity contribution in [3.8, 4) is 23.8 Å². The molecule has 10 heteroatoms. The number of benzene rings is 3. The Bertz CT molecular complexity index is 1470. The van der Waals surface area contributed by atoms with Crippen molar-refractivity contribution in [2.75, 3.05) is 24.9 Å². The molecule has 0 spiro atoms. The van der Waals surface area contributed by atoms with Crippen LogP contribution in [0.2, 0.25) is 5.02 Å². The van der Waals surface area contributed by atoms with Gasteiger partial charge < -0.3 is 20.1 Å². The summed E-state index contributed by atoms with van der Waals surface area (Å²) in [6, 6.07) is 14.4. The van der Waals surface area contributed by atoms with Crippen LogP contribution in [0.1, 0.15) is 16.7 Å². The lowest BCUT2D eigenvalue weighted by molar-refractivity contribution is -0.137. The number of terminal acetylenes is 1. The van der Waals surface area contributed by atoms with Crippen molar-refractivity contribution < 1.29 is 22.6 Å². The Morgan fingerprint density at radius 3 is 2.44 bits per heavy atom. The summed E-state index contributed by atoms with van der Waals surface area (Å²) >= 11 is 5.73. The molecule has 0 fully saturated rings. The maximum atomic E-state index is 13.2. The molecule has 0 saturated carbocycles. The van der Waals surface area contributed by atoms with E-state index in [0.717, 1.165) is 6.07 Å². The van der Waals surface area contributed by atoms with Crippen molar-refractivity contribution in [1.29, 1.82) is 0 Å². The number of rotatable bonds is 7. The normalized spacial score (nSPS) is 11.1. The molecule has 0 radical (unpaired) electrons. The molecule has 184 valence electrons. The smallest absolute Gasteiger partial charge is 0.417 e. The highest BCUT2D eigenvalue weighted by atomic mass is 35.5. The zero-order chi connectivity index (χ0) is 25.9. The van der Waals surface area contributed by atoms with Crippen molar-refractivity contribution in [3.63, 3.8) is 0 Å². The molecular weight excluding hydrogens is 493 g/mol. The fraction of sp³-hybridized carbons (Fsp3) is 0.154. The Morgan fingerprint density at radius 2 is 1.75 bits per heavy atom. The van der Waals surface area contributed by atoms with Gasteiger partial charge in [-0.15, -0.1) is 6.42 Å². The molecule has 1 aromatic heterocycles. The lowest BCUT2D eigenvalue weighted by Crippen LogP contribution is -2.09. The number of nitrogens with one attached hydrogen (secondary N) is 2. The maximum absolute atomic E-state index is 13.2. The van der Waals surface area contributed by atoms with E-state index in [4.69, 9.17) is 27.5 Å². The van der Waals surface area contributed by atoms with E-state index in [1.807, 2.05) is 12.1 Å². The first kappa shape index (κ1) is 24.9. The summed E-state index contributed by atoms with van der Waals surface area (Å²) in [6.07, 6.45) is 0.952. The quantitative estimate of drug-likeness (QED) is 0.270. The van der Waals surface area contributed by atoms with Crippen LogP contribution in [-0.4, -0.2) is 24.2 Å². The van der Waals surface area contributed by atoms with Crippen molar-refractivity contribution in [1.82, 2.24) is 9.97 Å². The molecule has 4 rings (SSSR count). The summed E-state index contributed by atoms with van der Waals surface area (Å²) in [5, 5.41) is 6.49. The molecule has 0 bridgehead atoms. The van der Waals surface area contributed by atoms with Gasteiger partial charge in [-0.3, -0.25) is 0 Å². The third-order valence-corrected chi connectivity index (χ3v) is 5.61. The van der Waals surface area contributed by atoms with Crippen LogP contribution in [0.15, 0.2) is 54.6 Å². The molecule has 3 aromatic carbocycles. The molecule has 0 aliphatic heterocycles. The molecule has 0 aliphatic rings. The Kier molecular flexibility index (Phi) is 7.08. The molecule has 0 atom stereocenters. The van der Waals surface area contributed by atoms with Crippen LogP contribution in [0, 0.1) is 12.3 Å². The topological polar surface area (TPSA) is 68.3 Å². The number of aromatic nitrogens is 2. The number of hydrogen-bond acceptors (Lipinski definition) is 6. The molecule has 0 amide bonds. The molecule has 2 N–H and O–H groups in total. The van der Waals surface area contributed by atoms with Crippen LogP contribution >= 0.6 is 11.6 Å². The van der Waals surface area contributed by atoms with Crippen LogP contribution in [0.25, 0.3) is 10.9 Å². The van der Waals surface area contributed by atoms with Gasteiger partial charge in [-0.25, -0.2) is 4.98 Å². The first-order chi connectivity index (χ1) is 17.2. The third-order valence-electron chi connectivity index (χ3n) is 5.28. The summed E-state index contributed by atoms with van der Waals surface area (Å²) in [5.74, 6) is 4.15. The van der Waals surface area contributed by atoms with Crippen molar-refractivity contribution in [2.45, 2.75) is 12.7 Å². The average Bonchev–Trinajstić information content (AvgIpc) is 2.86. The number of ether oxygens (including phenoxy) is 2. The number of halogens is 4. The predicted molar refractivity (Wildman–Crippen MR) is 134 cm³/mol. The van der Waals surface area contributed by atoms with Crippen LogP contribution in [0.5, 0.6) is 11.5 Å². The molecule has 36 heavy (non-hydrogen) atoms. The van der Waals surface area contributed by atoms with E-state index in [9.17, 15) is 13.2 Å². The van der Waals surface area contributed by atoms with Gasteiger partial charge in [0.05, 0.1) is 30.3 Å². The number of fused-ring (bicyclic) bond motifs is 1.